The van der Waals surface area contributed by atoms with Crippen molar-refractivity contribution in [2.24, 2.45) is 10.8 Å². The molecular weight excluding hydrogens is 522 g/mol. The number of ether oxygens (including phenoxy) is 2. The summed E-state index contributed by atoms with van der Waals surface area (Å²) < 4.78 is 11.3. The van der Waals surface area contributed by atoms with Crippen LogP contribution < -0.4 is 0 Å². The summed E-state index contributed by atoms with van der Waals surface area (Å²) in [5, 5.41) is 0.351. The number of benzene rings is 2. The summed E-state index contributed by atoms with van der Waals surface area (Å²) in [6.45, 7) is 10.4. The van der Waals surface area contributed by atoms with Gasteiger partial charge in [-0.15, -0.1) is 0 Å². The molecule has 0 radical (unpaired) electrons. The molecule has 0 aliphatic carbocycles. The van der Waals surface area contributed by atoms with Gasteiger partial charge in [0.2, 0.25) is 5.78 Å². The van der Waals surface area contributed by atoms with Crippen LogP contribution in [0.3, 0.4) is 0 Å². The van der Waals surface area contributed by atoms with E-state index in [-0.39, 0.29) is 31.2 Å². The molecule has 0 spiro atoms. The van der Waals surface area contributed by atoms with Gasteiger partial charge in [-0.2, -0.15) is 0 Å². The molecule has 0 aliphatic heterocycles. The molecule has 0 bridgehead atoms. The summed E-state index contributed by atoms with van der Waals surface area (Å²) in [4.78, 5) is 39.7. The van der Waals surface area contributed by atoms with Gasteiger partial charge < -0.3 is 9.47 Å². The first kappa shape index (κ1) is 28.4. The molecule has 5 nitrogen and oxygen atoms in total. The predicted molar refractivity (Wildman–Crippen MR) is 135 cm³/mol. The van der Waals surface area contributed by atoms with Gasteiger partial charge in [-0.1, -0.05) is 100 Å². The molecule has 0 saturated heterocycles. The number of ketones is 1. The van der Waals surface area contributed by atoms with Crippen LogP contribution in [0.4, 0.5) is 0 Å². The van der Waals surface area contributed by atoms with Crippen LogP contribution in [0, 0.1) is 10.8 Å². The van der Waals surface area contributed by atoms with Crippen LogP contribution in [-0.4, -0.2) is 29.9 Å². The number of esters is 2. The Labute approximate surface area is 219 Å². The molecule has 0 aromatic heterocycles. The third kappa shape index (κ3) is 6.66. The summed E-state index contributed by atoms with van der Waals surface area (Å²) in [6, 6.07) is 9.14. The second-order valence-corrected chi connectivity index (χ2v) is 11.5. The second-order valence-electron chi connectivity index (χ2n) is 9.90. The number of carbonyl (C=O) groups excluding carboxylic acids is 3. The highest BCUT2D eigenvalue weighted by Crippen LogP contribution is 2.34. The molecule has 2 rings (SSSR count). The Kier molecular flexibility index (Phi) is 9.09. The maximum Gasteiger partial charge on any atom is 0.341 e. The van der Waals surface area contributed by atoms with Crippen molar-refractivity contribution in [2.75, 3.05) is 0 Å². The van der Waals surface area contributed by atoms with E-state index in [1.165, 1.54) is 24.3 Å². The summed E-state index contributed by atoms with van der Waals surface area (Å²) in [7, 11) is 0. The minimum absolute atomic E-state index is 0.0555. The average molecular weight is 548 g/mol. The lowest BCUT2D eigenvalue weighted by atomic mass is 9.78. The monoisotopic (exact) mass is 546 g/mol. The third-order valence-corrected chi connectivity index (χ3v) is 6.13. The zero-order chi connectivity index (χ0) is 26.0. The number of Topliss-reactive ketones (excluding diaryl/α,β-unsaturated/α-hetero) is 1. The molecule has 0 saturated carbocycles. The van der Waals surface area contributed by atoms with Gasteiger partial charge in [-0.05, 0) is 24.3 Å². The maximum absolute atomic E-state index is 13.7. The van der Waals surface area contributed by atoms with Gasteiger partial charge in [0.1, 0.15) is 0 Å². The Morgan fingerprint density at radius 1 is 0.618 bits per heavy atom. The standard InChI is InChI=1S/C25H26Cl4O5/c1-24(2,3)20(33-22(31)17-13(26)9-7-10-14(17)27)19(30)21(25(4,5)6)34-23(32)18-15(28)11-8-12-16(18)29/h7-12,20-21H,1-6H3. The molecule has 0 N–H and O–H groups in total. The van der Waals surface area contributed by atoms with E-state index < -0.39 is 40.8 Å². The number of carbonyl (C=O) groups is 3. The SMILES string of the molecule is CC(C)(C)C(OC(=O)c1c(Cl)cccc1Cl)C(=O)C(OC(=O)c1c(Cl)cccc1Cl)C(C)(C)C. The van der Waals surface area contributed by atoms with Crippen molar-refractivity contribution in [1.82, 2.24) is 0 Å². The number of halogens is 4. The van der Waals surface area contributed by atoms with E-state index in [1.54, 1.807) is 53.7 Å². The van der Waals surface area contributed by atoms with Crippen molar-refractivity contribution in [3.8, 4) is 0 Å². The van der Waals surface area contributed by atoms with Crippen LogP contribution in [0.2, 0.25) is 20.1 Å². The Morgan fingerprint density at radius 2 is 0.882 bits per heavy atom. The molecule has 2 aromatic carbocycles. The van der Waals surface area contributed by atoms with E-state index in [1.807, 2.05) is 0 Å². The number of hydrogen-bond donors (Lipinski definition) is 0. The van der Waals surface area contributed by atoms with Crippen LogP contribution in [0.5, 0.6) is 0 Å². The van der Waals surface area contributed by atoms with Gasteiger partial charge >= 0.3 is 11.9 Å². The highest BCUT2D eigenvalue weighted by Gasteiger charge is 2.45. The third-order valence-electron chi connectivity index (χ3n) is 4.87. The molecule has 2 aromatic rings. The van der Waals surface area contributed by atoms with Crippen LogP contribution in [0.25, 0.3) is 0 Å². The minimum atomic E-state index is -1.29. The fourth-order valence-corrected chi connectivity index (χ4v) is 4.28. The lowest BCUT2D eigenvalue weighted by Gasteiger charge is -2.36. The van der Waals surface area contributed by atoms with Gasteiger partial charge in [-0.3, -0.25) is 4.79 Å². The lowest BCUT2D eigenvalue weighted by molar-refractivity contribution is -0.147. The molecule has 0 heterocycles. The van der Waals surface area contributed by atoms with Crippen molar-refractivity contribution in [3.05, 3.63) is 67.6 Å². The quantitative estimate of drug-likeness (QED) is 0.346. The van der Waals surface area contributed by atoms with Crippen molar-refractivity contribution < 1.29 is 23.9 Å². The minimum Gasteiger partial charge on any atom is -0.450 e. The highest BCUT2D eigenvalue weighted by molar-refractivity contribution is 6.40. The topological polar surface area (TPSA) is 69.7 Å². The fraction of sp³-hybridized carbons (Fsp3) is 0.400. The molecule has 34 heavy (non-hydrogen) atoms. The van der Waals surface area contributed by atoms with E-state index in [4.69, 9.17) is 55.9 Å². The Morgan fingerprint density at radius 3 is 1.12 bits per heavy atom. The maximum atomic E-state index is 13.7. The fourth-order valence-electron chi connectivity index (χ4n) is 3.18. The summed E-state index contributed by atoms with van der Waals surface area (Å²) >= 11 is 24.6. The molecule has 0 fully saturated rings. The van der Waals surface area contributed by atoms with E-state index in [9.17, 15) is 14.4 Å². The molecular formula is C25H26Cl4O5. The van der Waals surface area contributed by atoms with Crippen molar-refractivity contribution in [3.63, 3.8) is 0 Å². The Balaban J connectivity index is 2.44. The average Bonchev–Trinajstić information content (AvgIpc) is 2.67. The first-order valence-electron chi connectivity index (χ1n) is 10.4. The van der Waals surface area contributed by atoms with Crippen molar-refractivity contribution in [1.29, 1.82) is 0 Å². The van der Waals surface area contributed by atoms with E-state index in [2.05, 4.69) is 0 Å². The Bertz CT molecular complexity index is 973. The zero-order valence-corrected chi connectivity index (χ0v) is 22.7. The van der Waals surface area contributed by atoms with E-state index in [0.29, 0.717) is 0 Å². The highest BCUT2D eigenvalue weighted by atomic mass is 35.5. The lowest BCUT2D eigenvalue weighted by Crippen LogP contribution is -2.50. The first-order chi connectivity index (χ1) is 15.6. The zero-order valence-electron chi connectivity index (χ0n) is 19.7. The largest absolute Gasteiger partial charge is 0.450 e. The van der Waals surface area contributed by atoms with Gasteiger partial charge in [0.25, 0.3) is 0 Å². The van der Waals surface area contributed by atoms with Gasteiger partial charge in [-0.25, -0.2) is 9.59 Å². The van der Waals surface area contributed by atoms with Crippen LogP contribution in [0.15, 0.2) is 36.4 Å². The molecule has 2 unspecified atom stereocenters. The van der Waals surface area contributed by atoms with Crippen LogP contribution in [-0.2, 0) is 14.3 Å². The normalized spacial score (nSPS) is 13.7. The molecule has 2 atom stereocenters. The smallest absolute Gasteiger partial charge is 0.341 e. The summed E-state index contributed by atoms with van der Waals surface area (Å²) in [5.41, 5.74) is -1.81. The number of hydrogen-bond acceptors (Lipinski definition) is 5. The number of rotatable bonds is 6. The predicted octanol–water partition coefficient (Wildman–Crippen LogP) is 7.71. The van der Waals surface area contributed by atoms with Gasteiger partial charge in [0.05, 0.1) is 31.2 Å². The van der Waals surface area contributed by atoms with Crippen LogP contribution >= 0.6 is 46.4 Å². The second kappa shape index (κ2) is 10.9. The summed E-state index contributed by atoms with van der Waals surface area (Å²) in [6.07, 6.45) is -2.57. The van der Waals surface area contributed by atoms with Crippen LogP contribution in [0.1, 0.15) is 62.3 Å². The molecule has 0 aliphatic rings. The van der Waals surface area contributed by atoms with Gasteiger partial charge in [0, 0.05) is 10.8 Å². The Hall–Kier alpha value is -1.79. The summed E-state index contributed by atoms with van der Waals surface area (Å²) in [5.74, 6) is -2.33. The molecule has 9 heteroatoms. The first-order valence-corrected chi connectivity index (χ1v) is 11.9. The van der Waals surface area contributed by atoms with Gasteiger partial charge in [0.15, 0.2) is 12.2 Å². The molecule has 0 amide bonds. The van der Waals surface area contributed by atoms with E-state index >= 15 is 0 Å². The van der Waals surface area contributed by atoms with Crippen molar-refractivity contribution in [2.45, 2.75) is 53.8 Å². The van der Waals surface area contributed by atoms with E-state index in [0.717, 1.165) is 0 Å². The van der Waals surface area contributed by atoms with Crippen molar-refractivity contribution >= 4 is 64.1 Å². The molecule has 184 valence electrons.